The summed E-state index contributed by atoms with van der Waals surface area (Å²) < 4.78 is 45.9. The highest BCUT2D eigenvalue weighted by atomic mass is 19.2. The number of hydrogen-bond donors (Lipinski definition) is 0. The molecule has 0 bridgehead atoms. The van der Waals surface area contributed by atoms with E-state index in [4.69, 9.17) is 4.74 Å². The summed E-state index contributed by atoms with van der Waals surface area (Å²) in [7, 11) is 0. The van der Waals surface area contributed by atoms with Crippen LogP contribution < -0.4 is 4.74 Å². The van der Waals surface area contributed by atoms with Crippen LogP contribution in [0.25, 0.3) is 0 Å². The summed E-state index contributed by atoms with van der Waals surface area (Å²) in [4.78, 5) is 27.7. The maximum Gasteiger partial charge on any atom is 0.260 e. The lowest BCUT2D eigenvalue weighted by atomic mass is 10.1. The van der Waals surface area contributed by atoms with Crippen LogP contribution in [-0.4, -0.2) is 54.4 Å². The summed E-state index contributed by atoms with van der Waals surface area (Å²) in [6, 6.07) is 7.24. The van der Waals surface area contributed by atoms with Crippen LogP contribution in [0.5, 0.6) is 5.75 Å². The molecule has 0 aromatic heterocycles. The van der Waals surface area contributed by atoms with Gasteiger partial charge in [0, 0.05) is 26.2 Å². The minimum Gasteiger partial charge on any atom is -0.483 e. The molecule has 1 fully saturated rings. The lowest BCUT2D eigenvalue weighted by Gasteiger charge is -2.34. The summed E-state index contributed by atoms with van der Waals surface area (Å²) in [6.45, 7) is 4.54. The van der Waals surface area contributed by atoms with Crippen molar-refractivity contribution in [1.29, 1.82) is 0 Å². The first kappa shape index (κ1) is 20.7. The average Bonchev–Trinajstić information content (AvgIpc) is 2.72. The van der Waals surface area contributed by atoms with Crippen molar-refractivity contribution in [3.63, 3.8) is 0 Å². The lowest BCUT2D eigenvalue weighted by Crippen LogP contribution is -2.51. The zero-order valence-electron chi connectivity index (χ0n) is 16.2. The zero-order chi connectivity index (χ0) is 21.1. The number of halogens is 3. The van der Waals surface area contributed by atoms with E-state index in [-0.39, 0.29) is 38.7 Å². The molecule has 1 saturated heterocycles. The summed E-state index contributed by atoms with van der Waals surface area (Å²) in [5, 5.41) is 0. The number of carbonyl (C=O) groups is 2. The Labute approximate surface area is 166 Å². The molecular formula is C21H21F3N2O3. The van der Waals surface area contributed by atoms with E-state index >= 15 is 0 Å². The fourth-order valence-corrected chi connectivity index (χ4v) is 3.13. The second-order valence-electron chi connectivity index (χ2n) is 6.88. The van der Waals surface area contributed by atoms with Gasteiger partial charge < -0.3 is 14.5 Å². The Kier molecular flexibility index (Phi) is 6.10. The van der Waals surface area contributed by atoms with Crippen molar-refractivity contribution in [3.8, 4) is 5.75 Å². The van der Waals surface area contributed by atoms with Gasteiger partial charge in [-0.2, -0.15) is 0 Å². The molecule has 0 aliphatic carbocycles. The van der Waals surface area contributed by atoms with Gasteiger partial charge in [0.05, 0.1) is 5.56 Å². The first-order chi connectivity index (χ1) is 13.8. The molecular weight excluding hydrogens is 385 g/mol. The number of aryl methyl sites for hydroxylation is 1. The maximum absolute atomic E-state index is 13.9. The Morgan fingerprint density at radius 2 is 1.59 bits per heavy atom. The Balaban J connectivity index is 1.56. The number of piperazine rings is 1. The van der Waals surface area contributed by atoms with Crippen molar-refractivity contribution in [1.82, 2.24) is 9.80 Å². The largest absolute Gasteiger partial charge is 0.483 e. The summed E-state index contributed by atoms with van der Waals surface area (Å²) >= 11 is 0. The maximum atomic E-state index is 13.9. The number of amides is 2. The van der Waals surface area contributed by atoms with E-state index in [1.807, 2.05) is 26.0 Å². The van der Waals surface area contributed by atoms with Gasteiger partial charge in [0.1, 0.15) is 5.75 Å². The van der Waals surface area contributed by atoms with Crippen molar-refractivity contribution < 1.29 is 27.5 Å². The summed E-state index contributed by atoms with van der Waals surface area (Å²) in [5.74, 6) is -4.85. The van der Waals surface area contributed by atoms with Crippen LogP contribution in [-0.2, 0) is 4.79 Å². The minimum atomic E-state index is -1.67. The number of nitrogens with zero attached hydrogens (tertiary/aromatic N) is 2. The summed E-state index contributed by atoms with van der Waals surface area (Å²) in [5.41, 5.74) is 1.50. The molecule has 0 atom stereocenters. The first-order valence-corrected chi connectivity index (χ1v) is 9.19. The van der Waals surface area contributed by atoms with Gasteiger partial charge in [-0.05, 0) is 43.2 Å². The van der Waals surface area contributed by atoms with Crippen molar-refractivity contribution in [2.75, 3.05) is 32.8 Å². The fourth-order valence-electron chi connectivity index (χ4n) is 3.13. The van der Waals surface area contributed by atoms with E-state index in [9.17, 15) is 22.8 Å². The van der Waals surface area contributed by atoms with E-state index in [0.717, 1.165) is 23.3 Å². The molecule has 154 valence electrons. The molecule has 2 aromatic rings. The molecule has 2 aromatic carbocycles. The van der Waals surface area contributed by atoms with Crippen molar-refractivity contribution in [2.24, 2.45) is 0 Å². The topological polar surface area (TPSA) is 49.9 Å². The molecule has 0 radical (unpaired) electrons. The molecule has 0 saturated carbocycles. The van der Waals surface area contributed by atoms with Gasteiger partial charge in [-0.15, -0.1) is 0 Å². The fraction of sp³-hybridized carbons (Fsp3) is 0.333. The molecule has 0 N–H and O–H groups in total. The Morgan fingerprint density at radius 1 is 0.931 bits per heavy atom. The Morgan fingerprint density at radius 3 is 2.28 bits per heavy atom. The van der Waals surface area contributed by atoms with Gasteiger partial charge in [0.2, 0.25) is 0 Å². The third-order valence-electron chi connectivity index (χ3n) is 5.09. The van der Waals surface area contributed by atoms with Crippen molar-refractivity contribution in [3.05, 3.63) is 64.5 Å². The van der Waals surface area contributed by atoms with E-state index in [1.54, 1.807) is 11.0 Å². The monoisotopic (exact) mass is 406 g/mol. The third-order valence-corrected chi connectivity index (χ3v) is 5.09. The standard InChI is InChI=1S/C21H21F3N2O3/c1-13-4-3-5-17(14(13)2)29-12-18(27)25-8-10-26(11-9-25)21(28)15-6-7-16(22)20(24)19(15)23/h3-7H,8-12H2,1-2H3. The average molecular weight is 406 g/mol. The molecule has 0 spiro atoms. The predicted octanol–water partition coefficient (Wildman–Crippen LogP) is 3.08. The normalized spacial score (nSPS) is 14.1. The van der Waals surface area contributed by atoms with Gasteiger partial charge in [0.25, 0.3) is 11.8 Å². The molecule has 29 heavy (non-hydrogen) atoms. The number of benzene rings is 2. The first-order valence-electron chi connectivity index (χ1n) is 9.19. The zero-order valence-corrected chi connectivity index (χ0v) is 16.2. The van der Waals surface area contributed by atoms with E-state index in [2.05, 4.69) is 0 Å². The highest BCUT2D eigenvalue weighted by molar-refractivity contribution is 5.94. The van der Waals surface area contributed by atoms with Crippen LogP contribution in [0, 0.1) is 31.3 Å². The predicted molar refractivity (Wildman–Crippen MR) is 100 cm³/mol. The van der Waals surface area contributed by atoms with Gasteiger partial charge in [-0.25, -0.2) is 13.2 Å². The molecule has 1 aliphatic rings. The molecule has 1 heterocycles. The van der Waals surface area contributed by atoms with Crippen LogP contribution in [0.2, 0.25) is 0 Å². The number of hydrogen-bond acceptors (Lipinski definition) is 3. The number of carbonyl (C=O) groups excluding carboxylic acids is 2. The highest BCUT2D eigenvalue weighted by Gasteiger charge is 2.28. The number of ether oxygens (including phenoxy) is 1. The van der Waals surface area contributed by atoms with Crippen molar-refractivity contribution in [2.45, 2.75) is 13.8 Å². The van der Waals surface area contributed by atoms with Crippen LogP contribution in [0.15, 0.2) is 30.3 Å². The molecule has 8 heteroatoms. The van der Waals surface area contributed by atoms with Gasteiger partial charge in [-0.3, -0.25) is 9.59 Å². The lowest BCUT2D eigenvalue weighted by molar-refractivity contribution is -0.134. The van der Waals surface area contributed by atoms with Crippen LogP contribution in [0.3, 0.4) is 0 Å². The molecule has 3 rings (SSSR count). The number of rotatable bonds is 4. The van der Waals surface area contributed by atoms with Gasteiger partial charge in [-0.1, -0.05) is 12.1 Å². The SMILES string of the molecule is Cc1cccc(OCC(=O)N2CCN(C(=O)c3ccc(F)c(F)c3F)CC2)c1C. The Bertz CT molecular complexity index is 941. The van der Waals surface area contributed by atoms with E-state index in [1.165, 1.54) is 4.90 Å². The molecule has 1 aliphatic heterocycles. The summed E-state index contributed by atoms with van der Waals surface area (Å²) in [6.07, 6.45) is 0. The second kappa shape index (κ2) is 8.55. The third kappa shape index (κ3) is 4.36. The minimum absolute atomic E-state index is 0.129. The van der Waals surface area contributed by atoms with E-state index < -0.39 is 28.9 Å². The molecule has 0 unspecified atom stereocenters. The highest BCUT2D eigenvalue weighted by Crippen LogP contribution is 2.21. The Hall–Kier alpha value is -3.03. The smallest absolute Gasteiger partial charge is 0.260 e. The quantitative estimate of drug-likeness (QED) is 0.734. The molecule has 2 amide bonds. The van der Waals surface area contributed by atoms with Crippen LogP contribution in [0.4, 0.5) is 13.2 Å². The second-order valence-corrected chi connectivity index (χ2v) is 6.88. The molecule has 5 nitrogen and oxygen atoms in total. The van der Waals surface area contributed by atoms with Crippen LogP contribution >= 0.6 is 0 Å². The van der Waals surface area contributed by atoms with Gasteiger partial charge >= 0.3 is 0 Å². The van der Waals surface area contributed by atoms with Crippen LogP contribution in [0.1, 0.15) is 21.5 Å². The van der Waals surface area contributed by atoms with Crippen molar-refractivity contribution >= 4 is 11.8 Å². The van der Waals surface area contributed by atoms with Gasteiger partial charge in [0.15, 0.2) is 24.1 Å². The van der Waals surface area contributed by atoms with E-state index in [0.29, 0.717) is 5.75 Å².